The second-order valence-corrected chi connectivity index (χ2v) is 6.51. The van der Waals surface area contributed by atoms with Gasteiger partial charge in [-0.25, -0.2) is 0 Å². The van der Waals surface area contributed by atoms with Crippen molar-refractivity contribution in [1.82, 2.24) is 4.90 Å². The average Bonchev–Trinajstić information content (AvgIpc) is 2.60. The highest BCUT2D eigenvalue weighted by Crippen LogP contribution is 2.26. The fourth-order valence-corrected chi connectivity index (χ4v) is 3.08. The Morgan fingerprint density at radius 3 is 1.83 bits per heavy atom. The maximum absolute atomic E-state index is 9.42. The van der Waals surface area contributed by atoms with Crippen LogP contribution in [-0.4, -0.2) is 41.4 Å². The number of nitrogens with zero attached hydrogens (tertiary/aromatic N) is 1. The molecule has 3 heteroatoms. The highest BCUT2D eigenvalue weighted by Gasteiger charge is 2.20. The number of aliphatic hydroxyl groups is 2. The smallest absolute Gasteiger partial charge is 0.0558 e. The first-order valence-electron chi connectivity index (χ1n) is 8.75. The molecule has 2 N–H and O–H groups in total. The van der Waals surface area contributed by atoms with E-state index in [2.05, 4.69) is 67.3 Å². The molecular weight excluding hydrogens is 298 g/mol. The van der Waals surface area contributed by atoms with Gasteiger partial charge in [-0.1, -0.05) is 68.4 Å². The van der Waals surface area contributed by atoms with Crippen molar-refractivity contribution >= 4 is 0 Å². The Morgan fingerprint density at radius 2 is 1.33 bits per heavy atom. The molecule has 0 spiro atoms. The minimum Gasteiger partial charge on any atom is -0.395 e. The van der Waals surface area contributed by atoms with E-state index in [-0.39, 0.29) is 19.3 Å². The SMILES string of the molecule is CC(C)c1ccc([C@H](Cc2ccccc2)N(CCO)CCO)cc1. The first-order valence-corrected chi connectivity index (χ1v) is 8.75. The van der Waals surface area contributed by atoms with Crippen molar-refractivity contribution in [2.75, 3.05) is 26.3 Å². The van der Waals surface area contributed by atoms with Crippen LogP contribution in [0.4, 0.5) is 0 Å². The molecule has 0 unspecified atom stereocenters. The zero-order valence-electron chi connectivity index (χ0n) is 14.7. The van der Waals surface area contributed by atoms with Crippen molar-refractivity contribution in [3.8, 4) is 0 Å². The van der Waals surface area contributed by atoms with E-state index < -0.39 is 0 Å². The van der Waals surface area contributed by atoms with E-state index in [0.29, 0.717) is 19.0 Å². The number of aliphatic hydroxyl groups excluding tert-OH is 2. The van der Waals surface area contributed by atoms with Crippen LogP contribution in [0.2, 0.25) is 0 Å². The van der Waals surface area contributed by atoms with Crippen molar-refractivity contribution in [2.45, 2.75) is 32.2 Å². The Bertz CT molecular complexity index is 575. The summed E-state index contributed by atoms with van der Waals surface area (Å²) in [6, 6.07) is 19.3. The van der Waals surface area contributed by atoms with Gasteiger partial charge in [-0.05, 0) is 29.0 Å². The molecular formula is C21H29NO2. The predicted molar refractivity (Wildman–Crippen MR) is 99.2 cm³/mol. The fraction of sp³-hybridized carbons (Fsp3) is 0.429. The molecule has 0 fully saturated rings. The van der Waals surface area contributed by atoms with E-state index in [1.807, 2.05) is 6.07 Å². The fourth-order valence-electron chi connectivity index (χ4n) is 3.08. The molecule has 3 nitrogen and oxygen atoms in total. The van der Waals surface area contributed by atoms with Crippen molar-refractivity contribution < 1.29 is 10.2 Å². The van der Waals surface area contributed by atoms with Gasteiger partial charge < -0.3 is 10.2 Å². The van der Waals surface area contributed by atoms with Crippen molar-refractivity contribution in [3.63, 3.8) is 0 Å². The van der Waals surface area contributed by atoms with Crippen molar-refractivity contribution in [2.24, 2.45) is 0 Å². The van der Waals surface area contributed by atoms with E-state index in [0.717, 1.165) is 6.42 Å². The third-order valence-electron chi connectivity index (χ3n) is 4.47. The van der Waals surface area contributed by atoms with Gasteiger partial charge in [0.25, 0.3) is 0 Å². The van der Waals surface area contributed by atoms with Gasteiger partial charge in [0.2, 0.25) is 0 Å². The molecule has 0 aliphatic rings. The molecule has 0 radical (unpaired) electrons. The minimum absolute atomic E-state index is 0.0926. The molecule has 2 rings (SSSR count). The zero-order valence-corrected chi connectivity index (χ0v) is 14.7. The third kappa shape index (κ3) is 5.17. The quantitative estimate of drug-likeness (QED) is 0.742. The molecule has 2 aromatic carbocycles. The van der Waals surface area contributed by atoms with Crippen LogP contribution in [0.5, 0.6) is 0 Å². The Kier molecular flexibility index (Phi) is 7.44. The molecule has 1 atom stereocenters. The van der Waals surface area contributed by atoms with Crippen LogP contribution in [0.3, 0.4) is 0 Å². The lowest BCUT2D eigenvalue weighted by Gasteiger charge is -2.31. The number of hydrogen-bond donors (Lipinski definition) is 2. The summed E-state index contributed by atoms with van der Waals surface area (Å²) < 4.78 is 0. The van der Waals surface area contributed by atoms with Gasteiger partial charge in [-0.2, -0.15) is 0 Å². The van der Waals surface area contributed by atoms with E-state index in [1.165, 1.54) is 16.7 Å². The Hall–Kier alpha value is -1.68. The summed E-state index contributed by atoms with van der Waals surface area (Å²) in [7, 11) is 0. The van der Waals surface area contributed by atoms with Crippen LogP contribution < -0.4 is 0 Å². The normalized spacial score (nSPS) is 12.8. The number of hydrogen-bond acceptors (Lipinski definition) is 3. The maximum atomic E-state index is 9.42. The molecule has 0 heterocycles. The molecule has 0 bridgehead atoms. The first-order chi connectivity index (χ1) is 11.7. The lowest BCUT2D eigenvalue weighted by molar-refractivity contribution is 0.121. The number of rotatable bonds is 9. The molecule has 2 aromatic rings. The number of benzene rings is 2. The van der Waals surface area contributed by atoms with Crippen molar-refractivity contribution in [3.05, 3.63) is 71.3 Å². The lowest BCUT2D eigenvalue weighted by Crippen LogP contribution is -2.35. The Morgan fingerprint density at radius 1 is 0.792 bits per heavy atom. The van der Waals surface area contributed by atoms with Gasteiger partial charge in [0.1, 0.15) is 0 Å². The van der Waals surface area contributed by atoms with Crippen molar-refractivity contribution in [1.29, 1.82) is 0 Å². The third-order valence-corrected chi connectivity index (χ3v) is 4.47. The van der Waals surface area contributed by atoms with Crippen LogP contribution >= 0.6 is 0 Å². The lowest BCUT2D eigenvalue weighted by atomic mass is 9.94. The molecule has 0 aliphatic carbocycles. The summed E-state index contributed by atoms with van der Waals surface area (Å²) in [5, 5.41) is 18.8. The van der Waals surface area contributed by atoms with E-state index >= 15 is 0 Å². The van der Waals surface area contributed by atoms with Crippen LogP contribution in [-0.2, 0) is 6.42 Å². The first kappa shape index (κ1) is 18.7. The summed E-state index contributed by atoms with van der Waals surface area (Å²) in [6.45, 7) is 5.69. The molecule has 0 aliphatic heterocycles. The standard InChI is InChI=1S/C21H29NO2/c1-17(2)19-8-10-20(11-9-19)21(22(12-14-23)13-15-24)16-18-6-4-3-5-7-18/h3-11,17,21,23-24H,12-16H2,1-2H3/t21-/m0/s1. The minimum atomic E-state index is 0.0926. The monoisotopic (exact) mass is 327 g/mol. The Balaban J connectivity index is 2.29. The van der Waals surface area contributed by atoms with E-state index in [4.69, 9.17) is 0 Å². The second-order valence-electron chi connectivity index (χ2n) is 6.51. The molecule has 130 valence electrons. The predicted octanol–water partition coefficient (Wildman–Crippen LogP) is 3.38. The molecule has 24 heavy (non-hydrogen) atoms. The summed E-state index contributed by atoms with van der Waals surface area (Å²) >= 11 is 0. The highest BCUT2D eigenvalue weighted by molar-refractivity contribution is 5.29. The Labute approximate surface area is 145 Å². The summed E-state index contributed by atoms with van der Waals surface area (Å²) in [4.78, 5) is 2.16. The van der Waals surface area contributed by atoms with E-state index in [9.17, 15) is 10.2 Å². The van der Waals surface area contributed by atoms with Crippen LogP contribution in [0, 0.1) is 0 Å². The zero-order chi connectivity index (χ0) is 17.4. The van der Waals surface area contributed by atoms with Gasteiger partial charge in [-0.15, -0.1) is 0 Å². The summed E-state index contributed by atoms with van der Waals surface area (Å²) in [5.41, 5.74) is 3.81. The van der Waals surface area contributed by atoms with E-state index in [1.54, 1.807) is 0 Å². The second kappa shape index (κ2) is 9.58. The molecule has 0 saturated carbocycles. The largest absolute Gasteiger partial charge is 0.395 e. The van der Waals surface area contributed by atoms with Crippen LogP contribution in [0.1, 0.15) is 42.5 Å². The van der Waals surface area contributed by atoms with Gasteiger partial charge in [0.15, 0.2) is 0 Å². The summed E-state index contributed by atoms with van der Waals surface area (Å²) in [6.07, 6.45) is 0.863. The summed E-state index contributed by atoms with van der Waals surface area (Å²) in [5.74, 6) is 0.512. The van der Waals surface area contributed by atoms with Crippen LogP contribution in [0.25, 0.3) is 0 Å². The topological polar surface area (TPSA) is 43.7 Å². The molecule has 0 aromatic heterocycles. The molecule has 0 saturated heterocycles. The van der Waals surface area contributed by atoms with Gasteiger partial charge in [0.05, 0.1) is 13.2 Å². The van der Waals surface area contributed by atoms with Gasteiger partial charge in [-0.3, -0.25) is 4.90 Å². The highest BCUT2D eigenvalue weighted by atomic mass is 16.3. The molecule has 0 amide bonds. The van der Waals surface area contributed by atoms with Gasteiger partial charge >= 0.3 is 0 Å². The van der Waals surface area contributed by atoms with Gasteiger partial charge in [0, 0.05) is 19.1 Å². The maximum Gasteiger partial charge on any atom is 0.0558 e. The average molecular weight is 327 g/mol. The van der Waals surface area contributed by atoms with Crippen LogP contribution in [0.15, 0.2) is 54.6 Å².